The van der Waals surface area contributed by atoms with Crippen molar-refractivity contribution >= 4 is 70.5 Å². The number of aromatic nitrogens is 5. The Kier molecular flexibility index (Phi) is 9.96. The van der Waals surface area contributed by atoms with Gasteiger partial charge in [-0.2, -0.15) is 0 Å². The van der Waals surface area contributed by atoms with Gasteiger partial charge in [0.25, 0.3) is 19.8 Å². The van der Waals surface area contributed by atoms with Crippen LogP contribution >= 0.6 is 11.3 Å². The zero-order valence-corrected chi connectivity index (χ0v) is 29.1. The number of rotatable bonds is 9. The summed E-state index contributed by atoms with van der Waals surface area (Å²) in [4.78, 5) is 63.4. The third-order valence-electron chi connectivity index (χ3n) is 6.38. The largest absolute Gasteiger partial charge is 0.457 e. The Morgan fingerprint density at radius 3 is 2.36 bits per heavy atom. The minimum Gasteiger partial charge on any atom is -0.457 e. The molecule has 3 amide bonds. The minimum atomic E-state index is -1.65. The number of nitrogens with one attached hydrogen (secondary N) is 2. The molecule has 2 aromatic rings. The van der Waals surface area contributed by atoms with Crippen molar-refractivity contribution in [2.75, 3.05) is 11.1 Å². The van der Waals surface area contributed by atoms with Crippen molar-refractivity contribution in [2.45, 2.75) is 97.0 Å². The summed E-state index contributed by atoms with van der Waals surface area (Å²) in [6.07, 6.45) is -0.318. The van der Waals surface area contributed by atoms with Crippen molar-refractivity contribution in [3.63, 3.8) is 0 Å². The van der Waals surface area contributed by atoms with Crippen LogP contribution in [0.5, 0.6) is 0 Å². The molecule has 0 spiro atoms. The van der Waals surface area contributed by atoms with Gasteiger partial charge in [0.2, 0.25) is 11.4 Å². The molecule has 0 bridgehead atoms. The highest BCUT2D eigenvalue weighted by molar-refractivity contribution is 7.86. The van der Waals surface area contributed by atoms with Crippen LogP contribution in [0.2, 0.25) is 0 Å². The van der Waals surface area contributed by atoms with Gasteiger partial charge in [-0.1, -0.05) is 17.3 Å². The van der Waals surface area contributed by atoms with Crippen molar-refractivity contribution < 1.29 is 37.7 Å². The van der Waals surface area contributed by atoms with Gasteiger partial charge in [0, 0.05) is 11.1 Å². The summed E-state index contributed by atoms with van der Waals surface area (Å²) in [6.45, 7) is 14.8. The van der Waals surface area contributed by atoms with Crippen LogP contribution in [0, 0.1) is 0 Å². The maximum absolute atomic E-state index is 13.8. The van der Waals surface area contributed by atoms with Crippen LogP contribution in [0.15, 0.2) is 16.1 Å². The molecule has 17 nitrogen and oxygen atoms in total. The monoisotopic (exact) mass is 689 g/mol. The van der Waals surface area contributed by atoms with E-state index in [1.165, 1.54) is 24.1 Å². The maximum atomic E-state index is 13.8. The van der Waals surface area contributed by atoms with E-state index in [1.807, 2.05) is 6.92 Å². The van der Waals surface area contributed by atoms with Crippen LogP contribution in [0.1, 0.15) is 80.3 Å². The number of tetrazole rings is 1. The lowest BCUT2D eigenvalue weighted by molar-refractivity contribution is -0.179. The average molecular weight is 690 g/mol. The Morgan fingerprint density at radius 1 is 1.13 bits per heavy atom. The number of oxime groups is 1. The molecular formula is C27H36BN9O8S2. The quantitative estimate of drug-likeness (QED) is 0.126. The molecule has 252 valence electrons. The van der Waals surface area contributed by atoms with Crippen molar-refractivity contribution in [1.82, 2.24) is 35.3 Å². The molecule has 0 aromatic carbocycles. The normalized spacial score (nSPS) is 20.3. The molecule has 1 unspecified atom stereocenters. The number of esters is 1. The fourth-order valence-electron chi connectivity index (χ4n) is 4.30. The molecule has 3 atom stereocenters. The van der Waals surface area contributed by atoms with Crippen LogP contribution < -0.4 is 10.6 Å². The first-order valence-corrected chi connectivity index (χ1v) is 16.7. The van der Waals surface area contributed by atoms with Gasteiger partial charge >= 0.3 is 12.1 Å². The predicted molar refractivity (Wildman–Crippen MR) is 171 cm³/mol. The van der Waals surface area contributed by atoms with Crippen molar-refractivity contribution in [3.05, 3.63) is 22.5 Å². The van der Waals surface area contributed by atoms with Gasteiger partial charge in [-0.3, -0.25) is 24.0 Å². The smallest absolute Gasteiger partial charge is 0.413 e. The fourth-order valence-corrected chi connectivity index (χ4v) is 6.77. The summed E-state index contributed by atoms with van der Waals surface area (Å²) in [5.41, 5.74) is -2.74. The fraction of sp³-hybridized carbons (Fsp3) is 0.593. The lowest BCUT2D eigenvalue weighted by Gasteiger charge is -2.49. The molecule has 4 rings (SSSR count). The summed E-state index contributed by atoms with van der Waals surface area (Å²) in [5.74, 6) is -2.07. The zero-order valence-electron chi connectivity index (χ0n) is 27.4. The molecule has 2 aliphatic heterocycles. The Bertz CT molecular complexity index is 1670. The number of β-lactam (4-membered cyclic amide) rings is 1. The molecule has 2 N–H and O–H groups in total. The number of anilines is 1. The number of fused-ring (bicyclic) bond motifs is 1. The molecule has 2 aliphatic rings. The van der Waals surface area contributed by atoms with E-state index in [0.717, 1.165) is 16.0 Å². The molecule has 0 aliphatic carbocycles. The Hall–Kier alpha value is -4.20. The highest BCUT2D eigenvalue weighted by Gasteiger charge is 2.56. The number of carbonyl (C=O) groups is 4. The summed E-state index contributed by atoms with van der Waals surface area (Å²) in [7, 11) is 3.97. The number of amides is 3. The van der Waals surface area contributed by atoms with E-state index < -0.39 is 68.6 Å². The lowest BCUT2D eigenvalue weighted by Crippen LogP contribution is -2.73. The van der Waals surface area contributed by atoms with Crippen LogP contribution in [-0.2, 0) is 39.5 Å². The molecule has 2 aromatic heterocycles. The number of thiazole rings is 1. The topological polar surface area (TPSA) is 209 Å². The summed E-state index contributed by atoms with van der Waals surface area (Å²) < 4.78 is 24.7. The SMILES string of the molecule is [B]n1nnc(C2=C(CC)CS(=O)[C@@H]3[C@H](NC(=O)/C(=N\OC(C)(C)C(=O)OC(C)(C)C)c4csc(NC(=O)OC(C)(C)C)n4)C(=O)N23)n1. The number of hydrogen-bond acceptors (Lipinski definition) is 14. The second-order valence-corrected chi connectivity index (χ2v) is 15.4. The zero-order chi connectivity index (χ0) is 35.1. The van der Waals surface area contributed by atoms with E-state index >= 15 is 0 Å². The first-order valence-electron chi connectivity index (χ1n) is 14.4. The number of hydrogen-bond donors (Lipinski definition) is 2. The molecular weight excluding hydrogens is 653 g/mol. The molecule has 4 heterocycles. The van der Waals surface area contributed by atoms with E-state index in [1.54, 1.807) is 41.5 Å². The van der Waals surface area contributed by atoms with Gasteiger partial charge in [0.15, 0.2) is 10.8 Å². The standard InChI is InChI=1S/C27H36BN9O8S2/c1-10-13-12-47(42)21-16(20(39)36(21)17(13)18-32-35-37(28)33-18)30-19(38)15(34-45-27(8,9)22(40)43-25(2,3)4)14-11-46-23(29-14)31-24(41)44-26(5,6)7/h11,16,21H,10,12H2,1-9H3,(H,30,38)(H,29,31,41)/b34-15-/t16-,21-,47?/m1/s1. The first kappa shape index (κ1) is 35.7. The van der Waals surface area contributed by atoms with Crippen LogP contribution in [0.3, 0.4) is 0 Å². The Morgan fingerprint density at radius 2 is 1.79 bits per heavy atom. The van der Waals surface area contributed by atoms with Crippen LogP contribution in [0.25, 0.3) is 5.70 Å². The third-order valence-corrected chi connectivity index (χ3v) is 8.80. The first-order chi connectivity index (χ1) is 21.7. The maximum Gasteiger partial charge on any atom is 0.413 e. The van der Waals surface area contributed by atoms with E-state index in [0.29, 0.717) is 17.7 Å². The van der Waals surface area contributed by atoms with E-state index in [4.69, 9.17) is 22.3 Å². The van der Waals surface area contributed by atoms with Crippen molar-refractivity contribution in [3.8, 4) is 0 Å². The van der Waals surface area contributed by atoms with Crippen LogP contribution in [0.4, 0.5) is 9.93 Å². The summed E-state index contributed by atoms with van der Waals surface area (Å²) >= 11 is 0.965. The second-order valence-electron chi connectivity index (χ2n) is 13.0. The van der Waals surface area contributed by atoms with Gasteiger partial charge in [0.05, 0.1) is 16.5 Å². The van der Waals surface area contributed by atoms with Gasteiger partial charge in [-0.15, -0.1) is 21.5 Å². The Balaban J connectivity index is 1.62. The average Bonchev–Trinajstić information content (AvgIpc) is 3.57. The highest BCUT2D eigenvalue weighted by atomic mass is 32.2. The van der Waals surface area contributed by atoms with Gasteiger partial charge < -0.3 is 19.6 Å². The highest BCUT2D eigenvalue weighted by Crippen LogP contribution is 2.39. The van der Waals surface area contributed by atoms with Gasteiger partial charge in [0.1, 0.15) is 28.3 Å². The number of ether oxygens (including phenoxy) is 2. The van der Waals surface area contributed by atoms with E-state index in [-0.39, 0.29) is 22.4 Å². The van der Waals surface area contributed by atoms with E-state index in [9.17, 15) is 23.4 Å². The Labute approximate surface area is 278 Å². The molecule has 1 saturated heterocycles. The molecule has 1 fully saturated rings. The second kappa shape index (κ2) is 13.1. The summed E-state index contributed by atoms with van der Waals surface area (Å²) in [6, 6.07) is -1.23. The molecule has 2 radical (unpaired) electrons. The lowest BCUT2D eigenvalue weighted by atomic mass is 10.0. The molecule has 47 heavy (non-hydrogen) atoms. The summed E-state index contributed by atoms with van der Waals surface area (Å²) in [5, 5.41) is 21.1. The predicted octanol–water partition coefficient (Wildman–Crippen LogP) is 1.49. The number of carbonyl (C=O) groups excluding carboxylic acids is 4. The van der Waals surface area contributed by atoms with Crippen molar-refractivity contribution in [2.24, 2.45) is 5.16 Å². The number of nitrogens with zero attached hydrogens (tertiary/aromatic N) is 7. The van der Waals surface area contributed by atoms with Gasteiger partial charge in [-0.25, -0.2) is 19.3 Å². The van der Waals surface area contributed by atoms with Crippen molar-refractivity contribution in [1.29, 1.82) is 0 Å². The minimum absolute atomic E-state index is 0.0513. The van der Waals surface area contributed by atoms with Gasteiger partial charge in [-0.05, 0) is 67.4 Å². The third kappa shape index (κ3) is 8.21. The molecule has 20 heteroatoms. The van der Waals surface area contributed by atoms with Crippen LogP contribution in [-0.4, -0.2) is 106 Å². The van der Waals surface area contributed by atoms with E-state index in [2.05, 4.69) is 36.2 Å². The molecule has 0 saturated carbocycles.